The molecule has 3 rings (SSSR count). The molecule has 2 aromatic rings. The Balaban J connectivity index is 1.61. The predicted octanol–water partition coefficient (Wildman–Crippen LogP) is 2.96. The van der Waals surface area contributed by atoms with E-state index in [-0.39, 0.29) is 5.91 Å². The maximum atomic E-state index is 12.1. The fraction of sp³-hybridized carbons (Fsp3) is 0.333. The summed E-state index contributed by atoms with van der Waals surface area (Å²) in [5.74, 6) is -0.105. The van der Waals surface area contributed by atoms with Crippen LogP contribution in [-0.2, 0) is 4.74 Å². The summed E-state index contributed by atoms with van der Waals surface area (Å²) in [5.41, 5.74) is 3.30. The van der Waals surface area contributed by atoms with Crippen molar-refractivity contribution in [1.82, 2.24) is 10.3 Å². The molecule has 5 nitrogen and oxygen atoms in total. The quantitative estimate of drug-likeness (QED) is 0.673. The summed E-state index contributed by atoms with van der Waals surface area (Å²) in [7, 11) is 0. The molecule has 1 aliphatic rings. The van der Waals surface area contributed by atoms with E-state index in [9.17, 15) is 4.79 Å². The van der Waals surface area contributed by atoms with Gasteiger partial charge in [-0.1, -0.05) is 11.6 Å². The molecule has 1 amide bonds. The molecule has 110 valence electrons. The van der Waals surface area contributed by atoms with E-state index in [2.05, 4.69) is 16.4 Å². The summed E-state index contributed by atoms with van der Waals surface area (Å²) in [6.45, 7) is 2.08. The topological polar surface area (TPSA) is 67.3 Å². The number of H-pyrrole nitrogens is 1. The van der Waals surface area contributed by atoms with Crippen molar-refractivity contribution in [3.63, 3.8) is 0 Å². The van der Waals surface area contributed by atoms with Crippen LogP contribution >= 0.6 is 12.2 Å². The molecule has 0 radical (unpaired) electrons. The highest BCUT2D eigenvalue weighted by Gasteiger charge is 2.09. The molecule has 0 saturated heterocycles. The number of aromatic amines is 1. The molecule has 2 heterocycles. The Morgan fingerprint density at radius 3 is 3.14 bits per heavy atom. The van der Waals surface area contributed by atoms with Gasteiger partial charge in [0.1, 0.15) is 0 Å². The Morgan fingerprint density at radius 2 is 2.33 bits per heavy atom. The zero-order valence-electron chi connectivity index (χ0n) is 11.5. The van der Waals surface area contributed by atoms with Gasteiger partial charge in [-0.25, -0.2) is 0 Å². The summed E-state index contributed by atoms with van der Waals surface area (Å²) in [6.07, 6.45) is 3.90. The minimum atomic E-state index is -0.105. The number of amides is 1. The summed E-state index contributed by atoms with van der Waals surface area (Å²) >= 11 is 4.93. The van der Waals surface area contributed by atoms with Crippen LogP contribution in [-0.4, -0.2) is 30.6 Å². The largest absolute Gasteiger partial charge is 0.429 e. The standard InChI is InChI=1S/C15H16N2O3S/c18-14(16-6-3-10-4-7-19-8-5-10)11-1-2-12-13(9-11)20-15(21)17-12/h1-2,4,9H,3,5-8H2,(H,16,18)(H,17,21). The molecular weight excluding hydrogens is 288 g/mol. The zero-order chi connectivity index (χ0) is 14.7. The van der Waals surface area contributed by atoms with E-state index in [1.54, 1.807) is 18.2 Å². The highest BCUT2D eigenvalue weighted by Crippen LogP contribution is 2.15. The number of rotatable bonds is 4. The van der Waals surface area contributed by atoms with Crippen LogP contribution in [0.5, 0.6) is 0 Å². The van der Waals surface area contributed by atoms with Crippen molar-refractivity contribution in [2.24, 2.45) is 0 Å². The van der Waals surface area contributed by atoms with E-state index in [4.69, 9.17) is 21.4 Å². The van der Waals surface area contributed by atoms with E-state index in [1.807, 2.05) is 0 Å². The lowest BCUT2D eigenvalue weighted by atomic mass is 10.1. The van der Waals surface area contributed by atoms with Crippen LogP contribution < -0.4 is 5.32 Å². The van der Waals surface area contributed by atoms with Gasteiger partial charge in [0.25, 0.3) is 10.7 Å². The Labute approximate surface area is 127 Å². The first-order valence-corrected chi connectivity index (χ1v) is 7.30. The first-order valence-electron chi connectivity index (χ1n) is 6.89. The second kappa shape index (κ2) is 6.24. The van der Waals surface area contributed by atoms with Crippen molar-refractivity contribution in [3.05, 3.63) is 40.2 Å². The smallest absolute Gasteiger partial charge is 0.266 e. The highest BCUT2D eigenvalue weighted by molar-refractivity contribution is 7.71. The van der Waals surface area contributed by atoms with Gasteiger partial charge < -0.3 is 19.5 Å². The van der Waals surface area contributed by atoms with E-state index >= 15 is 0 Å². The fourth-order valence-corrected chi connectivity index (χ4v) is 2.52. The molecular formula is C15H16N2O3S. The summed E-state index contributed by atoms with van der Waals surface area (Å²) < 4.78 is 10.6. The van der Waals surface area contributed by atoms with Crippen LogP contribution in [0.25, 0.3) is 11.1 Å². The van der Waals surface area contributed by atoms with Gasteiger partial charge in [-0.2, -0.15) is 0 Å². The molecule has 1 aromatic heterocycles. The van der Waals surface area contributed by atoms with E-state index in [1.165, 1.54) is 5.57 Å². The van der Waals surface area contributed by atoms with Crippen molar-refractivity contribution in [3.8, 4) is 0 Å². The second-order valence-corrected chi connectivity index (χ2v) is 5.29. The number of hydrogen-bond donors (Lipinski definition) is 2. The van der Waals surface area contributed by atoms with Gasteiger partial charge in [-0.3, -0.25) is 4.79 Å². The summed E-state index contributed by atoms with van der Waals surface area (Å²) in [5, 5.41) is 2.92. The summed E-state index contributed by atoms with van der Waals surface area (Å²) in [4.78, 5) is 15.3. The Hall–Kier alpha value is -1.92. The lowest BCUT2D eigenvalue weighted by molar-refractivity contribution is 0.0953. The van der Waals surface area contributed by atoms with E-state index in [0.29, 0.717) is 29.1 Å². The van der Waals surface area contributed by atoms with Crippen molar-refractivity contribution in [1.29, 1.82) is 0 Å². The minimum Gasteiger partial charge on any atom is -0.429 e. The molecule has 2 N–H and O–H groups in total. The number of hydrogen-bond acceptors (Lipinski definition) is 4. The monoisotopic (exact) mass is 304 g/mol. The number of nitrogens with one attached hydrogen (secondary N) is 2. The molecule has 1 aliphatic heterocycles. The van der Waals surface area contributed by atoms with Crippen LogP contribution in [0.4, 0.5) is 0 Å². The van der Waals surface area contributed by atoms with Crippen molar-refractivity contribution < 1.29 is 13.9 Å². The third-order valence-corrected chi connectivity index (χ3v) is 3.66. The van der Waals surface area contributed by atoms with Gasteiger partial charge in [-0.15, -0.1) is 0 Å². The molecule has 21 heavy (non-hydrogen) atoms. The van der Waals surface area contributed by atoms with Crippen LogP contribution in [0.3, 0.4) is 0 Å². The Kier molecular flexibility index (Phi) is 4.17. The minimum absolute atomic E-state index is 0.105. The van der Waals surface area contributed by atoms with E-state index in [0.717, 1.165) is 25.0 Å². The molecule has 0 fully saturated rings. The van der Waals surface area contributed by atoms with E-state index < -0.39 is 0 Å². The number of aromatic nitrogens is 1. The number of oxazole rings is 1. The fourth-order valence-electron chi connectivity index (χ4n) is 2.32. The first kappa shape index (κ1) is 14.0. The first-order chi connectivity index (χ1) is 10.2. The van der Waals surface area contributed by atoms with Gasteiger partial charge >= 0.3 is 0 Å². The summed E-state index contributed by atoms with van der Waals surface area (Å²) in [6, 6.07) is 5.25. The molecule has 0 spiro atoms. The highest BCUT2D eigenvalue weighted by atomic mass is 32.1. The van der Waals surface area contributed by atoms with Crippen molar-refractivity contribution in [2.45, 2.75) is 12.8 Å². The lowest BCUT2D eigenvalue weighted by Gasteiger charge is -2.13. The van der Waals surface area contributed by atoms with Crippen LogP contribution in [0.1, 0.15) is 23.2 Å². The third kappa shape index (κ3) is 3.40. The Morgan fingerprint density at radius 1 is 1.43 bits per heavy atom. The predicted molar refractivity (Wildman–Crippen MR) is 81.9 cm³/mol. The number of carbonyl (C=O) groups is 1. The number of ether oxygens (including phenoxy) is 1. The number of carbonyl (C=O) groups excluding carboxylic acids is 1. The normalized spacial score (nSPS) is 15.0. The van der Waals surface area contributed by atoms with Gasteiger partial charge in [0.05, 0.1) is 18.7 Å². The Bertz CT molecular complexity index is 745. The maximum Gasteiger partial charge on any atom is 0.266 e. The van der Waals surface area contributed by atoms with Gasteiger partial charge in [-0.05, 0) is 43.3 Å². The molecule has 0 saturated carbocycles. The van der Waals surface area contributed by atoms with Crippen LogP contribution in [0, 0.1) is 4.84 Å². The average molecular weight is 304 g/mol. The molecule has 0 unspecified atom stereocenters. The average Bonchev–Trinajstić information content (AvgIpc) is 2.87. The van der Waals surface area contributed by atoms with Gasteiger partial charge in [0.15, 0.2) is 5.58 Å². The van der Waals surface area contributed by atoms with Crippen molar-refractivity contribution >= 4 is 29.2 Å². The maximum absolute atomic E-state index is 12.1. The van der Waals surface area contributed by atoms with Crippen LogP contribution in [0.15, 0.2) is 34.3 Å². The van der Waals surface area contributed by atoms with Crippen LogP contribution in [0.2, 0.25) is 0 Å². The second-order valence-electron chi connectivity index (χ2n) is 4.92. The van der Waals surface area contributed by atoms with Gasteiger partial charge in [0, 0.05) is 12.1 Å². The zero-order valence-corrected chi connectivity index (χ0v) is 12.3. The molecule has 0 atom stereocenters. The molecule has 1 aromatic carbocycles. The molecule has 0 bridgehead atoms. The SMILES string of the molecule is O=C(NCCC1=CCOCC1)c1ccc2[nH]c(=S)oc2c1. The third-order valence-electron chi connectivity index (χ3n) is 3.47. The molecule has 6 heteroatoms. The number of fused-ring (bicyclic) bond motifs is 1. The van der Waals surface area contributed by atoms with Gasteiger partial charge in [0.2, 0.25) is 0 Å². The lowest BCUT2D eigenvalue weighted by Crippen LogP contribution is -2.25. The molecule has 0 aliphatic carbocycles. The van der Waals surface area contributed by atoms with Crippen molar-refractivity contribution in [2.75, 3.05) is 19.8 Å². The number of benzene rings is 1.